The van der Waals surface area contributed by atoms with Crippen molar-refractivity contribution in [2.24, 2.45) is 0 Å². The summed E-state index contributed by atoms with van der Waals surface area (Å²) in [5.41, 5.74) is 3.58. The number of nitrogens with one attached hydrogen (secondary N) is 1. The minimum absolute atomic E-state index is 0.220. The molecule has 1 aliphatic heterocycles. The highest BCUT2D eigenvalue weighted by Gasteiger charge is 2.24. The summed E-state index contributed by atoms with van der Waals surface area (Å²) >= 11 is 0. The van der Waals surface area contributed by atoms with E-state index >= 15 is 0 Å². The van der Waals surface area contributed by atoms with Crippen molar-refractivity contribution in [1.29, 1.82) is 0 Å². The Bertz CT molecular complexity index is 502. The molecule has 2 rings (SSSR count). The van der Waals surface area contributed by atoms with Crippen LogP contribution in [0.3, 0.4) is 0 Å². The molecule has 1 aliphatic rings. The first kappa shape index (κ1) is 14.5. The van der Waals surface area contributed by atoms with Gasteiger partial charge in [0, 0.05) is 6.42 Å². The van der Waals surface area contributed by atoms with Crippen LogP contribution in [0.5, 0.6) is 0 Å². The number of hydrogen-bond donors (Lipinski definition) is 1. The number of hydrogen-bond acceptors (Lipinski definition) is 4. The van der Waals surface area contributed by atoms with Crippen LogP contribution >= 0.6 is 0 Å². The third-order valence-electron chi connectivity index (χ3n) is 2.99. The maximum atomic E-state index is 13.0. The van der Waals surface area contributed by atoms with Gasteiger partial charge in [-0.2, -0.15) is 0 Å². The number of ether oxygens (including phenoxy) is 1. The van der Waals surface area contributed by atoms with Gasteiger partial charge < -0.3 is 9.57 Å². The number of benzene rings is 1. The molecule has 0 amide bonds. The van der Waals surface area contributed by atoms with Crippen LogP contribution in [0.1, 0.15) is 25.3 Å². The van der Waals surface area contributed by atoms with Crippen molar-refractivity contribution >= 4 is 5.97 Å². The molecule has 0 saturated carbocycles. The molecule has 0 spiro atoms. The molecule has 0 bridgehead atoms. The third kappa shape index (κ3) is 4.06. The van der Waals surface area contributed by atoms with Crippen LogP contribution < -0.4 is 5.48 Å². The molecule has 0 radical (unpaired) electrons. The Morgan fingerprint density at radius 1 is 1.45 bits per heavy atom. The van der Waals surface area contributed by atoms with E-state index in [0.717, 1.165) is 24.2 Å². The van der Waals surface area contributed by atoms with Gasteiger partial charge in [0.1, 0.15) is 11.6 Å². The highest BCUT2D eigenvalue weighted by Crippen LogP contribution is 2.16. The van der Waals surface area contributed by atoms with Gasteiger partial charge in [-0.3, -0.25) is 0 Å². The lowest BCUT2D eigenvalue weighted by Crippen LogP contribution is -2.31. The van der Waals surface area contributed by atoms with Gasteiger partial charge in [-0.25, -0.2) is 9.18 Å². The Morgan fingerprint density at radius 3 is 3.05 bits per heavy atom. The quantitative estimate of drug-likeness (QED) is 0.813. The lowest BCUT2D eigenvalue weighted by Gasteiger charge is -2.06. The average Bonchev–Trinajstić information content (AvgIpc) is 2.88. The standard InChI is InChI=1S/C15H18FNO3/c1-2-19-15(18)14-10-13(20-17-14)8-4-6-11-5-3-7-12(16)9-11/h3,5,7,9-10,14,17H,2,4,6,8H2,1H3. The number of carbonyl (C=O) groups is 1. The number of aryl methyl sites for hydroxylation is 1. The summed E-state index contributed by atoms with van der Waals surface area (Å²) in [6, 6.07) is 6.03. The zero-order valence-electron chi connectivity index (χ0n) is 11.4. The Labute approximate surface area is 117 Å². The molecule has 1 aromatic rings. The van der Waals surface area contributed by atoms with Crippen LogP contribution in [-0.4, -0.2) is 18.6 Å². The van der Waals surface area contributed by atoms with Gasteiger partial charge in [0.25, 0.3) is 0 Å². The van der Waals surface area contributed by atoms with Gasteiger partial charge in [-0.05, 0) is 43.5 Å². The van der Waals surface area contributed by atoms with E-state index in [1.165, 1.54) is 12.1 Å². The molecule has 0 fully saturated rings. The highest BCUT2D eigenvalue weighted by atomic mass is 19.1. The van der Waals surface area contributed by atoms with Crippen LogP contribution in [-0.2, 0) is 20.8 Å². The zero-order chi connectivity index (χ0) is 14.4. The maximum Gasteiger partial charge on any atom is 0.330 e. The molecular formula is C15H18FNO3. The number of carbonyl (C=O) groups excluding carboxylic acids is 1. The predicted octanol–water partition coefficient (Wildman–Crippen LogP) is 2.50. The van der Waals surface area contributed by atoms with Gasteiger partial charge >= 0.3 is 5.97 Å². The van der Waals surface area contributed by atoms with Gasteiger partial charge in [0.2, 0.25) is 0 Å². The summed E-state index contributed by atoms with van der Waals surface area (Å²) in [5.74, 6) is 0.162. The highest BCUT2D eigenvalue weighted by molar-refractivity contribution is 5.78. The minimum atomic E-state index is -0.529. The molecule has 1 N–H and O–H groups in total. The Morgan fingerprint density at radius 2 is 2.30 bits per heavy atom. The molecule has 4 nitrogen and oxygen atoms in total. The van der Waals surface area contributed by atoms with Crippen molar-refractivity contribution in [2.45, 2.75) is 32.2 Å². The first-order valence-corrected chi connectivity index (χ1v) is 6.73. The normalized spacial score (nSPS) is 17.5. The van der Waals surface area contributed by atoms with Crippen molar-refractivity contribution in [2.75, 3.05) is 6.61 Å². The largest absolute Gasteiger partial charge is 0.464 e. The second kappa shape index (κ2) is 7.05. The van der Waals surface area contributed by atoms with E-state index in [1.54, 1.807) is 19.1 Å². The number of allylic oxidation sites excluding steroid dienone is 1. The van der Waals surface area contributed by atoms with E-state index < -0.39 is 6.04 Å². The summed E-state index contributed by atoms with van der Waals surface area (Å²) in [4.78, 5) is 16.7. The molecule has 1 atom stereocenters. The summed E-state index contributed by atoms with van der Waals surface area (Å²) in [6.45, 7) is 2.11. The van der Waals surface area contributed by atoms with E-state index in [1.807, 2.05) is 6.07 Å². The summed E-state index contributed by atoms with van der Waals surface area (Å²) in [5, 5.41) is 0. The van der Waals surface area contributed by atoms with Gasteiger partial charge in [0.05, 0.1) is 6.61 Å². The van der Waals surface area contributed by atoms with Gasteiger partial charge in [-0.1, -0.05) is 12.1 Å². The van der Waals surface area contributed by atoms with Crippen LogP contribution in [0.4, 0.5) is 4.39 Å². The van der Waals surface area contributed by atoms with E-state index in [0.29, 0.717) is 13.0 Å². The SMILES string of the molecule is CCOC(=O)C1C=C(CCCc2cccc(F)c2)ON1. The fraction of sp³-hybridized carbons (Fsp3) is 0.400. The van der Waals surface area contributed by atoms with E-state index in [4.69, 9.17) is 9.57 Å². The van der Waals surface area contributed by atoms with Crippen molar-refractivity contribution in [3.8, 4) is 0 Å². The Balaban J connectivity index is 1.77. The van der Waals surface area contributed by atoms with Crippen LogP contribution in [0.25, 0.3) is 0 Å². The molecule has 0 aromatic heterocycles. The van der Waals surface area contributed by atoms with E-state index in [9.17, 15) is 9.18 Å². The smallest absolute Gasteiger partial charge is 0.330 e. The molecular weight excluding hydrogens is 261 g/mol. The number of hydroxylamine groups is 1. The molecule has 1 aromatic carbocycles. The van der Waals surface area contributed by atoms with Gasteiger partial charge in [-0.15, -0.1) is 5.48 Å². The lowest BCUT2D eigenvalue weighted by molar-refractivity contribution is -0.146. The van der Waals surface area contributed by atoms with Gasteiger partial charge in [0.15, 0.2) is 6.04 Å². The topological polar surface area (TPSA) is 47.6 Å². The zero-order valence-corrected chi connectivity index (χ0v) is 11.4. The second-order valence-corrected chi connectivity index (χ2v) is 4.57. The number of halogens is 1. The third-order valence-corrected chi connectivity index (χ3v) is 2.99. The fourth-order valence-corrected chi connectivity index (χ4v) is 2.03. The molecule has 0 aliphatic carbocycles. The first-order valence-electron chi connectivity index (χ1n) is 6.73. The van der Waals surface area contributed by atoms with Crippen LogP contribution in [0.2, 0.25) is 0 Å². The number of esters is 1. The van der Waals surface area contributed by atoms with Crippen molar-refractivity contribution in [3.05, 3.63) is 47.5 Å². The summed E-state index contributed by atoms with van der Waals surface area (Å²) < 4.78 is 17.9. The van der Waals surface area contributed by atoms with Crippen LogP contribution in [0.15, 0.2) is 36.1 Å². The Hall–Kier alpha value is -1.88. The molecule has 1 unspecified atom stereocenters. The summed E-state index contributed by atoms with van der Waals surface area (Å²) in [6.07, 6.45) is 4.01. The fourth-order valence-electron chi connectivity index (χ4n) is 2.03. The molecule has 5 heteroatoms. The molecule has 20 heavy (non-hydrogen) atoms. The van der Waals surface area contributed by atoms with E-state index in [-0.39, 0.29) is 11.8 Å². The molecule has 1 heterocycles. The maximum absolute atomic E-state index is 13.0. The second-order valence-electron chi connectivity index (χ2n) is 4.57. The first-order chi connectivity index (χ1) is 9.69. The number of rotatable bonds is 6. The Kier molecular flexibility index (Phi) is 5.12. The molecule has 0 saturated heterocycles. The van der Waals surface area contributed by atoms with Crippen LogP contribution in [0, 0.1) is 5.82 Å². The predicted molar refractivity (Wildman–Crippen MR) is 72.1 cm³/mol. The van der Waals surface area contributed by atoms with Crippen molar-refractivity contribution in [3.63, 3.8) is 0 Å². The van der Waals surface area contributed by atoms with Crippen molar-refractivity contribution < 1.29 is 18.8 Å². The lowest BCUT2D eigenvalue weighted by atomic mass is 10.1. The minimum Gasteiger partial charge on any atom is -0.464 e. The monoisotopic (exact) mass is 279 g/mol. The molecule has 108 valence electrons. The average molecular weight is 279 g/mol. The van der Waals surface area contributed by atoms with E-state index in [2.05, 4.69) is 5.48 Å². The summed E-state index contributed by atoms with van der Waals surface area (Å²) in [7, 11) is 0. The van der Waals surface area contributed by atoms with Crippen molar-refractivity contribution in [1.82, 2.24) is 5.48 Å².